The standard InChI is InChI=1S/C4H12N2OS.ClH/c1-4(2)3-8(5,6)7;/h4H,3H2,1-2H3,(H3,5,6,7);1H. The molecule has 0 radical (unpaired) electrons. The van der Waals surface area contributed by atoms with Gasteiger partial charge in [-0.25, -0.2) is 14.1 Å². The van der Waals surface area contributed by atoms with Gasteiger partial charge in [0.05, 0.1) is 0 Å². The van der Waals surface area contributed by atoms with Gasteiger partial charge in [-0.2, -0.15) is 0 Å². The molecular weight excluding hydrogens is 160 g/mol. The Morgan fingerprint density at radius 2 is 2.00 bits per heavy atom. The molecule has 0 spiro atoms. The van der Waals surface area contributed by atoms with E-state index in [0.29, 0.717) is 5.75 Å². The van der Waals surface area contributed by atoms with Crippen molar-refractivity contribution in [2.75, 3.05) is 5.75 Å². The Labute approximate surface area is 62.5 Å². The molecule has 3 N–H and O–H groups in total. The van der Waals surface area contributed by atoms with Crippen molar-refractivity contribution < 1.29 is 4.21 Å². The first kappa shape index (κ1) is 11.9. The molecule has 1 atom stereocenters. The molecule has 58 valence electrons. The smallest absolute Gasteiger partial charge is 0.102 e. The van der Waals surface area contributed by atoms with Gasteiger partial charge in [0.25, 0.3) is 0 Å². The number of nitrogens with two attached hydrogens (primary N) is 1. The van der Waals surface area contributed by atoms with Crippen molar-refractivity contribution in [1.82, 2.24) is 0 Å². The molecular formula is C4H13ClN2OS. The van der Waals surface area contributed by atoms with Gasteiger partial charge in [0.2, 0.25) is 0 Å². The summed E-state index contributed by atoms with van der Waals surface area (Å²) >= 11 is 0. The zero-order valence-electron chi connectivity index (χ0n) is 5.59. The van der Waals surface area contributed by atoms with Crippen LogP contribution in [0.3, 0.4) is 0 Å². The lowest BCUT2D eigenvalue weighted by molar-refractivity contribution is 0.657. The normalized spacial score (nSPS) is 16.4. The molecule has 0 aromatic rings. The fourth-order valence-corrected chi connectivity index (χ4v) is 1.49. The minimum Gasteiger partial charge on any atom is -0.245 e. The zero-order valence-corrected chi connectivity index (χ0v) is 7.22. The molecule has 0 rings (SSSR count). The highest BCUT2D eigenvalue weighted by Crippen LogP contribution is 1.94. The van der Waals surface area contributed by atoms with Crippen LogP contribution in [-0.4, -0.2) is 9.96 Å². The maximum atomic E-state index is 10.4. The summed E-state index contributed by atoms with van der Waals surface area (Å²) in [5.41, 5.74) is 0. The summed E-state index contributed by atoms with van der Waals surface area (Å²) in [5, 5.41) is 4.93. The second kappa shape index (κ2) is 4.09. The average molecular weight is 173 g/mol. The molecule has 0 saturated heterocycles. The number of hydrogen-bond donors (Lipinski definition) is 2. The van der Waals surface area contributed by atoms with Crippen molar-refractivity contribution in [3.63, 3.8) is 0 Å². The van der Waals surface area contributed by atoms with E-state index in [1.807, 2.05) is 13.8 Å². The SMILES string of the molecule is CC(C)CS(=N)(N)=O.Cl. The fourth-order valence-electron chi connectivity index (χ4n) is 0.495. The van der Waals surface area contributed by atoms with Crippen LogP contribution in [0.15, 0.2) is 0 Å². The highest BCUT2D eigenvalue weighted by Gasteiger charge is 2.00. The summed E-state index contributed by atoms with van der Waals surface area (Å²) in [5.74, 6) is 0.553. The van der Waals surface area contributed by atoms with Crippen LogP contribution < -0.4 is 5.14 Å². The van der Waals surface area contributed by atoms with E-state index in [4.69, 9.17) is 9.92 Å². The third-order valence-corrected chi connectivity index (χ3v) is 1.74. The summed E-state index contributed by atoms with van der Waals surface area (Å²) < 4.78 is 17.2. The molecule has 0 fully saturated rings. The van der Waals surface area contributed by atoms with Gasteiger partial charge < -0.3 is 0 Å². The molecule has 0 aromatic heterocycles. The van der Waals surface area contributed by atoms with Gasteiger partial charge in [0, 0.05) is 5.75 Å². The molecule has 0 heterocycles. The Morgan fingerprint density at radius 3 is 2.00 bits per heavy atom. The van der Waals surface area contributed by atoms with Crippen molar-refractivity contribution in [3.8, 4) is 0 Å². The lowest BCUT2D eigenvalue weighted by atomic mass is 10.3. The van der Waals surface area contributed by atoms with Crippen LogP contribution in [0, 0.1) is 10.7 Å². The largest absolute Gasteiger partial charge is 0.245 e. The third-order valence-electron chi connectivity index (χ3n) is 0.581. The summed E-state index contributed by atoms with van der Waals surface area (Å²) in [7, 11) is -2.72. The first-order valence-electron chi connectivity index (χ1n) is 2.46. The molecule has 0 aliphatic heterocycles. The molecule has 9 heavy (non-hydrogen) atoms. The van der Waals surface area contributed by atoms with Crippen molar-refractivity contribution in [2.45, 2.75) is 13.8 Å². The molecule has 5 heteroatoms. The van der Waals surface area contributed by atoms with Crippen molar-refractivity contribution in [2.24, 2.45) is 11.1 Å². The van der Waals surface area contributed by atoms with E-state index < -0.39 is 9.92 Å². The molecule has 1 unspecified atom stereocenters. The van der Waals surface area contributed by atoms with Crippen LogP contribution in [0.4, 0.5) is 0 Å². The van der Waals surface area contributed by atoms with Crippen LogP contribution in [-0.2, 0) is 9.92 Å². The van der Waals surface area contributed by atoms with Crippen molar-refractivity contribution >= 4 is 22.3 Å². The minimum absolute atomic E-state index is 0. The van der Waals surface area contributed by atoms with E-state index in [2.05, 4.69) is 0 Å². The molecule has 0 saturated carbocycles. The molecule has 0 amide bonds. The monoisotopic (exact) mass is 172 g/mol. The topological polar surface area (TPSA) is 66.9 Å². The second-order valence-electron chi connectivity index (χ2n) is 2.29. The Hall–Kier alpha value is 0.200. The predicted octanol–water partition coefficient (Wildman–Crippen LogP) is 0.985. The Balaban J connectivity index is 0. The number of nitrogens with one attached hydrogen (secondary N) is 1. The first-order chi connectivity index (χ1) is 3.42. The van der Waals surface area contributed by atoms with Crippen LogP contribution in [0.25, 0.3) is 0 Å². The Bertz CT molecular complexity index is 152. The number of rotatable bonds is 2. The molecule has 0 bridgehead atoms. The quantitative estimate of drug-likeness (QED) is 0.641. The number of hydrogen-bond acceptors (Lipinski definition) is 2. The summed E-state index contributed by atoms with van der Waals surface area (Å²) in [4.78, 5) is 0. The van der Waals surface area contributed by atoms with E-state index in [9.17, 15) is 4.21 Å². The first-order valence-corrected chi connectivity index (χ1v) is 4.25. The summed E-state index contributed by atoms with van der Waals surface area (Å²) in [6.07, 6.45) is 0. The number of halogens is 1. The highest BCUT2D eigenvalue weighted by atomic mass is 35.5. The third kappa shape index (κ3) is 11.7. The van der Waals surface area contributed by atoms with Gasteiger partial charge in [-0.1, -0.05) is 13.8 Å². The van der Waals surface area contributed by atoms with E-state index in [1.54, 1.807) is 0 Å². The van der Waals surface area contributed by atoms with Crippen LogP contribution in [0.2, 0.25) is 0 Å². The molecule has 0 aliphatic rings. The van der Waals surface area contributed by atoms with E-state index >= 15 is 0 Å². The molecule has 0 aromatic carbocycles. The van der Waals surface area contributed by atoms with Gasteiger partial charge in [0.15, 0.2) is 0 Å². The molecule has 3 nitrogen and oxygen atoms in total. The highest BCUT2D eigenvalue weighted by molar-refractivity contribution is 7.90. The van der Waals surface area contributed by atoms with E-state index in [0.717, 1.165) is 0 Å². The zero-order chi connectivity index (χ0) is 6.78. The second-order valence-corrected chi connectivity index (χ2v) is 4.07. The van der Waals surface area contributed by atoms with Gasteiger partial charge in [-0.3, -0.25) is 0 Å². The molecule has 0 aliphatic carbocycles. The van der Waals surface area contributed by atoms with Crippen molar-refractivity contribution in [3.05, 3.63) is 0 Å². The Kier molecular flexibility index (Phi) is 5.42. The van der Waals surface area contributed by atoms with E-state index in [1.165, 1.54) is 0 Å². The lowest BCUT2D eigenvalue weighted by Crippen LogP contribution is -2.18. The Morgan fingerprint density at radius 1 is 1.67 bits per heavy atom. The van der Waals surface area contributed by atoms with Gasteiger partial charge in [-0.15, -0.1) is 12.4 Å². The van der Waals surface area contributed by atoms with Gasteiger partial charge >= 0.3 is 0 Å². The maximum absolute atomic E-state index is 10.4. The van der Waals surface area contributed by atoms with Crippen LogP contribution >= 0.6 is 12.4 Å². The fraction of sp³-hybridized carbons (Fsp3) is 1.00. The predicted molar refractivity (Wildman–Crippen MR) is 42.0 cm³/mol. The van der Waals surface area contributed by atoms with Gasteiger partial charge in [0.1, 0.15) is 9.92 Å². The average Bonchev–Trinajstić information content (AvgIpc) is 1.21. The lowest BCUT2D eigenvalue weighted by Gasteiger charge is -2.01. The summed E-state index contributed by atoms with van der Waals surface area (Å²) in [6.45, 7) is 3.78. The van der Waals surface area contributed by atoms with Gasteiger partial charge in [-0.05, 0) is 5.92 Å². The van der Waals surface area contributed by atoms with Crippen LogP contribution in [0.5, 0.6) is 0 Å². The minimum atomic E-state index is -2.72. The summed E-state index contributed by atoms with van der Waals surface area (Å²) in [6, 6.07) is 0. The van der Waals surface area contributed by atoms with E-state index in [-0.39, 0.29) is 18.3 Å². The maximum Gasteiger partial charge on any atom is 0.102 e. The van der Waals surface area contributed by atoms with Crippen molar-refractivity contribution in [1.29, 1.82) is 4.78 Å². The van der Waals surface area contributed by atoms with Crippen LogP contribution in [0.1, 0.15) is 13.8 Å².